The topological polar surface area (TPSA) is 69.4 Å². The summed E-state index contributed by atoms with van der Waals surface area (Å²) in [5, 5.41) is 11.8. The number of benzene rings is 2. The monoisotopic (exact) mass is 429 g/mol. The standard InChI is InChI=1S/C24H31NO4S/c26-25(19-11-13-21-30(27,28)24-16-8-5-9-17-24)18-10-2-1-3-12-20-29-22-23-14-6-4-7-15-23/h1,3-9,14-17,19H,2,10-13,18,20-22H2/b3-1+,25-19-. The fourth-order valence-electron chi connectivity index (χ4n) is 2.86. The van der Waals surface area contributed by atoms with Gasteiger partial charge < -0.3 is 9.94 Å². The molecule has 2 rings (SSSR count). The third-order valence-electron chi connectivity index (χ3n) is 4.51. The van der Waals surface area contributed by atoms with Crippen molar-refractivity contribution in [2.75, 3.05) is 18.9 Å². The van der Waals surface area contributed by atoms with E-state index >= 15 is 0 Å². The lowest BCUT2D eigenvalue weighted by atomic mass is 10.2. The van der Waals surface area contributed by atoms with E-state index in [2.05, 4.69) is 12.2 Å². The SMILES string of the molecule is O=S(=O)(CCC/C=[N+](\[O-])CCC/C=C/CCOCc1ccccc1)c1ccccc1. The van der Waals surface area contributed by atoms with Crippen molar-refractivity contribution in [3.63, 3.8) is 0 Å². The van der Waals surface area contributed by atoms with Crippen LogP contribution in [-0.2, 0) is 21.2 Å². The molecule has 0 fully saturated rings. The predicted molar refractivity (Wildman–Crippen MR) is 121 cm³/mol. The summed E-state index contributed by atoms with van der Waals surface area (Å²) >= 11 is 0. The van der Waals surface area contributed by atoms with Gasteiger partial charge in [0.2, 0.25) is 0 Å². The van der Waals surface area contributed by atoms with Gasteiger partial charge >= 0.3 is 0 Å². The van der Waals surface area contributed by atoms with Gasteiger partial charge in [-0.2, -0.15) is 0 Å². The van der Waals surface area contributed by atoms with Gasteiger partial charge in [-0.25, -0.2) is 13.2 Å². The molecule has 30 heavy (non-hydrogen) atoms. The van der Waals surface area contributed by atoms with Crippen LogP contribution in [0.5, 0.6) is 0 Å². The summed E-state index contributed by atoms with van der Waals surface area (Å²) in [5.74, 6) is 0.0520. The molecule has 162 valence electrons. The van der Waals surface area contributed by atoms with Gasteiger partial charge in [-0.05, 0) is 37.0 Å². The summed E-state index contributed by atoms with van der Waals surface area (Å²) in [7, 11) is -3.27. The molecule has 2 aromatic rings. The number of hydroxylamine groups is 1. The second-order valence-corrected chi connectivity index (χ2v) is 9.15. The second-order valence-electron chi connectivity index (χ2n) is 7.04. The Bertz CT molecular complexity index is 878. The number of hydrogen-bond donors (Lipinski definition) is 0. The molecule has 0 aliphatic heterocycles. The van der Waals surface area contributed by atoms with Gasteiger partial charge in [0.05, 0.1) is 23.9 Å². The molecule has 0 aliphatic rings. The highest BCUT2D eigenvalue weighted by Crippen LogP contribution is 2.11. The largest absolute Gasteiger partial charge is 0.624 e. The molecule has 0 spiro atoms. The molecular weight excluding hydrogens is 398 g/mol. The molecule has 6 heteroatoms. The molecule has 0 amide bonds. The molecule has 0 saturated heterocycles. The maximum absolute atomic E-state index is 12.2. The first-order valence-corrected chi connectivity index (χ1v) is 12.0. The highest BCUT2D eigenvalue weighted by Gasteiger charge is 2.12. The van der Waals surface area contributed by atoms with Crippen molar-refractivity contribution in [1.82, 2.24) is 0 Å². The molecule has 0 bridgehead atoms. The summed E-state index contributed by atoms with van der Waals surface area (Å²) in [5.41, 5.74) is 1.17. The normalized spacial score (nSPS) is 12.5. The van der Waals surface area contributed by atoms with E-state index < -0.39 is 9.84 Å². The first-order chi connectivity index (χ1) is 14.6. The van der Waals surface area contributed by atoms with Crippen molar-refractivity contribution in [2.45, 2.75) is 43.6 Å². The van der Waals surface area contributed by atoms with Gasteiger partial charge in [-0.3, -0.25) is 0 Å². The van der Waals surface area contributed by atoms with Crippen LogP contribution in [0.25, 0.3) is 0 Å². The molecule has 0 unspecified atom stereocenters. The minimum absolute atomic E-state index is 0.0520. The van der Waals surface area contributed by atoms with E-state index in [1.807, 2.05) is 30.3 Å². The van der Waals surface area contributed by atoms with E-state index in [1.165, 1.54) is 5.56 Å². The summed E-state index contributed by atoms with van der Waals surface area (Å²) in [4.78, 5) is 0.334. The maximum Gasteiger partial charge on any atom is 0.178 e. The first kappa shape index (κ1) is 23.8. The van der Waals surface area contributed by atoms with Crippen molar-refractivity contribution in [1.29, 1.82) is 0 Å². The van der Waals surface area contributed by atoms with Crippen LogP contribution in [0.3, 0.4) is 0 Å². The zero-order valence-electron chi connectivity index (χ0n) is 17.4. The van der Waals surface area contributed by atoms with Gasteiger partial charge in [0.25, 0.3) is 0 Å². The van der Waals surface area contributed by atoms with Crippen LogP contribution in [0.15, 0.2) is 77.7 Å². The number of sulfone groups is 1. The molecule has 2 aromatic carbocycles. The molecule has 0 radical (unpaired) electrons. The lowest BCUT2D eigenvalue weighted by Crippen LogP contribution is -2.10. The number of hydrogen-bond acceptors (Lipinski definition) is 4. The fraction of sp³-hybridized carbons (Fsp3) is 0.375. The van der Waals surface area contributed by atoms with E-state index in [-0.39, 0.29) is 5.75 Å². The molecule has 0 heterocycles. The Morgan fingerprint density at radius 2 is 1.53 bits per heavy atom. The Balaban J connectivity index is 1.50. The van der Waals surface area contributed by atoms with Gasteiger partial charge in [-0.15, -0.1) is 0 Å². The highest BCUT2D eigenvalue weighted by molar-refractivity contribution is 7.91. The molecule has 0 N–H and O–H groups in total. The number of allylic oxidation sites excluding steroid dienone is 1. The molecule has 5 nitrogen and oxygen atoms in total. The van der Waals surface area contributed by atoms with Crippen molar-refractivity contribution in [2.24, 2.45) is 0 Å². The molecule has 0 aliphatic carbocycles. The number of rotatable bonds is 14. The Labute approximate surface area is 180 Å². The van der Waals surface area contributed by atoms with Crippen molar-refractivity contribution in [3.05, 3.63) is 83.6 Å². The summed E-state index contributed by atoms with van der Waals surface area (Å²) in [6, 6.07) is 18.5. The third-order valence-corrected chi connectivity index (χ3v) is 6.33. The van der Waals surface area contributed by atoms with Crippen LogP contribution < -0.4 is 0 Å². The van der Waals surface area contributed by atoms with Crippen LogP contribution in [0.1, 0.15) is 37.7 Å². The van der Waals surface area contributed by atoms with E-state index in [0.29, 0.717) is 37.5 Å². The van der Waals surface area contributed by atoms with E-state index in [0.717, 1.165) is 24.0 Å². The van der Waals surface area contributed by atoms with Crippen LogP contribution >= 0.6 is 0 Å². The average molecular weight is 430 g/mol. The second kappa shape index (κ2) is 13.7. The van der Waals surface area contributed by atoms with Gasteiger partial charge in [0.15, 0.2) is 22.6 Å². The lowest BCUT2D eigenvalue weighted by Gasteiger charge is -2.04. The quantitative estimate of drug-likeness (QED) is 0.108. The molecule has 0 atom stereocenters. The Kier molecular flexibility index (Phi) is 10.9. The summed E-state index contributed by atoms with van der Waals surface area (Å²) in [6.45, 7) is 1.72. The van der Waals surface area contributed by atoms with Gasteiger partial charge in [0.1, 0.15) is 0 Å². The molecular formula is C24H31NO4S. The van der Waals surface area contributed by atoms with Gasteiger partial charge in [0, 0.05) is 12.8 Å². The van der Waals surface area contributed by atoms with Crippen LogP contribution in [0, 0.1) is 5.21 Å². The molecule has 0 saturated carbocycles. The zero-order valence-corrected chi connectivity index (χ0v) is 18.2. The van der Waals surface area contributed by atoms with Crippen molar-refractivity contribution in [3.8, 4) is 0 Å². The zero-order chi connectivity index (χ0) is 21.5. The Morgan fingerprint density at radius 1 is 0.867 bits per heavy atom. The Hall–Kier alpha value is -2.44. The minimum atomic E-state index is -3.27. The number of nitrogens with zero attached hydrogens (tertiary/aromatic N) is 1. The average Bonchev–Trinajstić information content (AvgIpc) is 2.77. The fourth-order valence-corrected chi connectivity index (χ4v) is 4.22. The maximum atomic E-state index is 12.2. The minimum Gasteiger partial charge on any atom is -0.624 e. The van der Waals surface area contributed by atoms with Crippen LogP contribution in [-0.4, -0.2) is 38.3 Å². The van der Waals surface area contributed by atoms with E-state index in [9.17, 15) is 13.6 Å². The summed E-state index contributed by atoms with van der Waals surface area (Å²) in [6.07, 6.45) is 9.07. The van der Waals surface area contributed by atoms with E-state index in [1.54, 1.807) is 36.5 Å². The van der Waals surface area contributed by atoms with Crippen LogP contribution in [0.4, 0.5) is 0 Å². The lowest BCUT2D eigenvalue weighted by molar-refractivity contribution is -0.454. The Morgan fingerprint density at radius 3 is 2.27 bits per heavy atom. The highest BCUT2D eigenvalue weighted by atomic mass is 32.2. The molecule has 0 aromatic heterocycles. The number of ether oxygens (including phenoxy) is 1. The van der Waals surface area contributed by atoms with Crippen LogP contribution in [0.2, 0.25) is 0 Å². The third kappa shape index (κ3) is 9.85. The summed E-state index contributed by atoms with van der Waals surface area (Å²) < 4.78 is 30.9. The van der Waals surface area contributed by atoms with Gasteiger partial charge in [-0.1, -0.05) is 60.7 Å². The smallest absolute Gasteiger partial charge is 0.178 e. The van der Waals surface area contributed by atoms with E-state index in [4.69, 9.17) is 4.74 Å². The van der Waals surface area contributed by atoms with Crippen molar-refractivity contribution >= 4 is 16.1 Å². The van der Waals surface area contributed by atoms with Crippen molar-refractivity contribution < 1.29 is 17.9 Å². The number of unbranched alkanes of at least 4 members (excludes halogenated alkanes) is 2. The predicted octanol–water partition coefficient (Wildman–Crippen LogP) is 4.76. The first-order valence-electron chi connectivity index (χ1n) is 10.4.